The van der Waals surface area contributed by atoms with E-state index in [1.165, 1.54) is 12.0 Å². The minimum Gasteiger partial charge on any atom is -0.496 e. The van der Waals surface area contributed by atoms with E-state index in [2.05, 4.69) is 6.07 Å². The minimum atomic E-state index is 0.131. The molecule has 0 spiro atoms. The maximum absolute atomic E-state index is 6.49. The lowest BCUT2D eigenvalue weighted by Crippen LogP contribution is -2.27. The van der Waals surface area contributed by atoms with Crippen molar-refractivity contribution >= 4 is 11.6 Å². The first kappa shape index (κ1) is 12.7. The van der Waals surface area contributed by atoms with Crippen molar-refractivity contribution in [3.05, 3.63) is 29.8 Å². The summed E-state index contributed by atoms with van der Waals surface area (Å²) in [5.41, 5.74) is 1.18. The normalized spacial score (nSPS) is 22.1. The first-order valence-electron chi connectivity index (χ1n) is 6.15. The SMILES string of the molecule is COc1ccccc1CC(Cl)C1CCCOC1. The van der Waals surface area contributed by atoms with Crippen LogP contribution in [0.2, 0.25) is 0 Å². The van der Waals surface area contributed by atoms with Gasteiger partial charge < -0.3 is 9.47 Å². The Balaban J connectivity index is 1.99. The molecule has 1 aliphatic rings. The maximum Gasteiger partial charge on any atom is 0.122 e. The fraction of sp³-hybridized carbons (Fsp3) is 0.571. The number of alkyl halides is 1. The zero-order valence-electron chi connectivity index (χ0n) is 10.2. The molecule has 0 bridgehead atoms. The van der Waals surface area contributed by atoms with Crippen LogP contribution in [0.1, 0.15) is 18.4 Å². The zero-order valence-corrected chi connectivity index (χ0v) is 11.0. The molecule has 3 heteroatoms. The third-order valence-corrected chi connectivity index (χ3v) is 3.83. The fourth-order valence-electron chi connectivity index (χ4n) is 2.30. The van der Waals surface area contributed by atoms with Crippen molar-refractivity contribution < 1.29 is 9.47 Å². The van der Waals surface area contributed by atoms with Crippen molar-refractivity contribution in [3.63, 3.8) is 0 Å². The largest absolute Gasteiger partial charge is 0.496 e. The Hall–Kier alpha value is -0.730. The number of methoxy groups -OCH3 is 1. The summed E-state index contributed by atoms with van der Waals surface area (Å²) in [6.07, 6.45) is 3.14. The predicted molar refractivity (Wildman–Crippen MR) is 69.9 cm³/mol. The standard InChI is InChI=1S/C14H19ClO2/c1-16-14-7-3-2-5-11(14)9-13(15)12-6-4-8-17-10-12/h2-3,5,7,12-13H,4,6,8-10H2,1H3. The molecule has 17 heavy (non-hydrogen) atoms. The molecule has 0 amide bonds. The van der Waals surface area contributed by atoms with E-state index in [9.17, 15) is 0 Å². The summed E-state index contributed by atoms with van der Waals surface area (Å²) in [5.74, 6) is 1.39. The van der Waals surface area contributed by atoms with Crippen LogP contribution in [0.3, 0.4) is 0 Å². The number of hydrogen-bond donors (Lipinski definition) is 0. The monoisotopic (exact) mass is 254 g/mol. The molecule has 1 saturated heterocycles. The smallest absolute Gasteiger partial charge is 0.122 e. The summed E-state index contributed by atoms with van der Waals surface area (Å²) in [6.45, 7) is 1.68. The van der Waals surface area contributed by atoms with Gasteiger partial charge in [-0.15, -0.1) is 11.6 Å². The summed E-state index contributed by atoms with van der Waals surface area (Å²) in [5, 5.41) is 0.131. The molecule has 2 unspecified atom stereocenters. The molecular weight excluding hydrogens is 236 g/mol. The second-order valence-electron chi connectivity index (χ2n) is 4.51. The summed E-state index contributed by atoms with van der Waals surface area (Å²) in [7, 11) is 1.70. The van der Waals surface area contributed by atoms with Gasteiger partial charge in [-0.3, -0.25) is 0 Å². The van der Waals surface area contributed by atoms with Gasteiger partial charge in [-0.1, -0.05) is 18.2 Å². The topological polar surface area (TPSA) is 18.5 Å². The van der Waals surface area contributed by atoms with Crippen LogP contribution in [0.15, 0.2) is 24.3 Å². The third-order valence-electron chi connectivity index (χ3n) is 3.31. The average Bonchev–Trinajstić information content (AvgIpc) is 2.40. The quantitative estimate of drug-likeness (QED) is 0.768. The van der Waals surface area contributed by atoms with Crippen molar-refractivity contribution in [1.82, 2.24) is 0 Å². The molecule has 1 aliphatic heterocycles. The molecule has 0 N–H and O–H groups in total. The summed E-state index contributed by atoms with van der Waals surface area (Å²) >= 11 is 6.49. The summed E-state index contributed by atoms with van der Waals surface area (Å²) in [6, 6.07) is 8.07. The second kappa shape index (κ2) is 6.27. The van der Waals surface area contributed by atoms with Gasteiger partial charge in [-0.2, -0.15) is 0 Å². The molecular formula is C14H19ClO2. The van der Waals surface area contributed by atoms with Crippen molar-refractivity contribution in [2.24, 2.45) is 5.92 Å². The molecule has 2 nitrogen and oxygen atoms in total. The van der Waals surface area contributed by atoms with Crippen molar-refractivity contribution in [2.75, 3.05) is 20.3 Å². The maximum atomic E-state index is 6.49. The van der Waals surface area contributed by atoms with Crippen molar-refractivity contribution in [3.8, 4) is 5.75 Å². The Morgan fingerprint density at radius 3 is 3.00 bits per heavy atom. The number of ether oxygens (including phenoxy) is 2. The molecule has 2 atom stereocenters. The molecule has 1 aromatic rings. The lowest BCUT2D eigenvalue weighted by atomic mass is 9.93. The third kappa shape index (κ3) is 3.36. The molecule has 1 fully saturated rings. The molecule has 0 aliphatic carbocycles. The number of halogens is 1. The van der Waals surface area contributed by atoms with E-state index in [4.69, 9.17) is 21.1 Å². The van der Waals surface area contributed by atoms with Gasteiger partial charge in [0.25, 0.3) is 0 Å². The van der Waals surface area contributed by atoms with E-state index in [0.717, 1.165) is 31.8 Å². The van der Waals surface area contributed by atoms with Gasteiger partial charge in [0.2, 0.25) is 0 Å². The molecule has 1 aromatic carbocycles. The molecule has 0 radical (unpaired) electrons. The highest BCUT2D eigenvalue weighted by Gasteiger charge is 2.23. The second-order valence-corrected chi connectivity index (χ2v) is 5.07. The molecule has 0 aromatic heterocycles. The number of benzene rings is 1. The van der Waals surface area contributed by atoms with Gasteiger partial charge >= 0.3 is 0 Å². The molecule has 94 valence electrons. The number of hydrogen-bond acceptors (Lipinski definition) is 2. The van der Waals surface area contributed by atoms with E-state index in [1.807, 2.05) is 18.2 Å². The van der Waals surface area contributed by atoms with E-state index in [0.29, 0.717) is 5.92 Å². The highest BCUT2D eigenvalue weighted by atomic mass is 35.5. The van der Waals surface area contributed by atoms with E-state index < -0.39 is 0 Å². The van der Waals surface area contributed by atoms with E-state index >= 15 is 0 Å². The van der Waals surface area contributed by atoms with Crippen LogP contribution in [0, 0.1) is 5.92 Å². The average molecular weight is 255 g/mol. The molecule has 2 rings (SSSR count). The van der Waals surface area contributed by atoms with Gasteiger partial charge in [0, 0.05) is 12.0 Å². The first-order valence-corrected chi connectivity index (χ1v) is 6.58. The molecule has 1 heterocycles. The van der Waals surface area contributed by atoms with Crippen LogP contribution in [0.25, 0.3) is 0 Å². The zero-order chi connectivity index (χ0) is 12.1. The van der Waals surface area contributed by atoms with Gasteiger partial charge in [-0.05, 0) is 36.8 Å². The van der Waals surface area contributed by atoms with Gasteiger partial charge in [-0.25, -0.2) is 0 Å². The minimum absolute atomic E-state index is 0.131. The van der Waals surface area contributed by atoms with E-state index in [1.54, 1.807) is 7.11 Å². The summed E-state index contributed by atoms with van der Waals surface area (Å²) < 4.78 is 10.8. The van der Waals surface area contributed by atoms with Gasteiger partial charge in [0.1, 0.15) is 5.75 Å². The fourth-order valence-corrected chi connectivity index (χ4v) is 2.66. The highest BCUT2D eigenvalue weighted by Crippen LogP contribution is 2.27. The lowest BCUT2D eigenvalue weighted by molar-refractivity contribution is 0.0532. The Kier molecular flexibility index (Phi) is 4.69. The lowest BCUT2D eigenvalue weighted by Gasteiger charge is -2.26. The Morgan fingerprint density at radius 2 is 2.29 bits per heavy atom. The van der Waals surface area contributed by atoms with Crippen LogP contribution < -0.4 is 4.74 Å². The van der Waals surface area contributed by atoms with Crippen LogP contribution in [-0.2, 0) is 11.2 Å². The Bertz CT molecular complexity index is 348. The number of para-hydroxylation sites is 1. The van der Waals surface area contributed by atoms with Crippen LogP contribution in [0.5, 0.6) is 5.75 Å². The van der Waals surface area contributed by atoms with E-state index in [-0.39, 0.29) is 5.38 Å². The van der Waals surface area contributed by atoms with Gasteiger partial charge in [0.15, 0.2) is 0 Å². The van der Waals surface area contributed by atoms with Crippen LogP contribution in [0.4, 0.5) is 0 Å². The Morgan fingerprint density at radius 1 is 1.47 bits per heavy atom. The van der Waals surface area contributed by atoms with Crippen LogP contribution >= 0.6 is 11.6 Å². The highest BCUT2D eigenvalue weighted by molar-refractivity contribution is 6.21. The summed E-state index contributed by atoms with van der Waals surface area (Å²) in [4.78, 5) is 0. The predicted octanol–water partition coefficient (Wildman–Crippen LogP) is 3.27. The van der Waals surface area contributed by atoms with Crippen LogP contribution in [-0.4, -0.2) is 25.7 Å². The first-order chi connectivity index (χ1) is 8.31. The Labute approximate surface area is 108 Å². The van der Waals surface area contributed by atoms with Crippen molar-refractivity contribution in [2.45, 2.75) is 24.6 Å². The van der Waals surface area contributed by atoms with Gasteiger partial charge in [0.05, 0.1) is 13.7 Å². The van der Waals surface area contributed by atoms with Crippen molar-refractivity contribution in [1.29, 1.82) is 0 Å². The molecule has 0 saturated carbocycles. The number of rotatable bonds is 4.